The second-order valence-electron chi connectivity index (χ2n) is 5.56. The molecule has 0 radical (unpaired) electrons. The maximum atomic E-state index is 5.45. The minimum Gasteiger partial charge on any atom is -0.493 e. The minimum absolute atomic E-state index is 0.194. The average Bonchev–Trinajstić information content (AvgIpc) is 2.76. The fourth-order valence-electron chi connectivity index (χ4n) is 2.76. The molecule has 0 aliphatic rings. The van der Waals surface area contributed by atoms with Crippen molar-refractivity contribution in [1.29, 1.82) is 0 Å². The first kappa shape index (κ1) is 22.6. The summed E-state index contributed by atoms with van der Waals surface area (Å²) in [6.07, 6.45) is 1.50. The highest BCUT2D eigenvalue weighted by Crippen LogP contribution is 2.36. The van der Waals surface area contributed by atoms with Gasteiger partial charge in [0.2, 0.25) is 0 Å². The Labute approximate surface area is 179 Å². The number of hydrogen-bond donors (Lipinski definition) is 1. The summed E-state index contributed by atoms with van der Waals surface area (Å²) < 4.78 is 21.4. The highest BCUT2D eigenvalue weighted by atomic mass is 35.5. The summed E-state index contributed by atoms with van der Waals surface area (Å²) in [7, 11) is 6.42. The average molecular weight is 440 g/mol. The van der Waals surface area contributed by atoms with E-state index >= 15 is 0 Å². The van der Waals surface area contributed by atoms with Gasteiger partial charge in [0.15, 0.2) is 23.0 Å². The van der Waals surface area contributed by atoms with Crippen LogP contribution in [0.15, 0.2) is 36.7 Å². The molecule has 0 unspecified atom stereocenters. The minimum atomic E-state index is 0.194. The van der Waals surface area contributed by atoms with Gasteiger partial charge in [0.05, 0.1) is 33.8 Å². The number of aromatic nitrogens is 2. The number of ether oxygens (including phenoxy) is 4. The van der Waals surface area contributed by atoms with E-state index in [9.17, 15) is 0 Å². The number of nitrogens with one attached hydrogen (secondary N) is 1. The summed E-state index contributed by atoms with van der Waals surface area (Å²) in [5, 5.41) is 4.38. The second-order valence-corrected chi connectivity index (χ2v) is 6.37. The van der Waals surface area contributed by atoms with Gasteiger partial charge in [-0.25, -0.2) is 9.97 Å². The van der Waals surface area contributed by atoms with Crippen molar-refractivity contribution in [3.05, 3.63) is 42.2 Å². The van der Waals surface area contributed by atoms with Gasteiger partial charge in [-0.15, -0.1) is 23.2 Å². The van der Waals surface area contributed by atoms with Gasteiger partial charge in [0.1, 0.15) is 17.7 Å². The summed E-state index contributed by atoms with van der Waals surface area (Å²) in [5.74, 6) is 3.31. The molecule has 9 heteroatoms. The van der Waals surface area contributed by atoms with Crippen LogP contribution >= 0.6 is 23.2 Å². The Balaban J connectivity index is 0.000000941. The van der Waals surface area contributed by atoms with E-state index in [1.165, 1.54) is 6.33 Å². The van der Waals surface area contributed by atoms with Gasteiger partial charge in [0, 0.05) is 11.9 Å². The molecule has 7 nitrogen and oxygen atoms in total. The van der Waals surface area contributed by atoms with Crippen LogP contribution in [0, 0.1) is 0 Å². The van der Waals surface area contributed by atoms with Crippen molar-refractivity contribution >= 4 is 39.9 Å². The van der Waals surface area contributed by atoms with Gasteiger partial charge >= 0.3 is 0 Å². The first-order chi connectivity index (χ1) is 14.1. The number of halogens is 2. The number of nitrogens with zero attached hydrogens (tertiary/aromatic N) is 2. The van der Waals surface area contributed by atoms with Gasteiger partial charge in [-0.05, 0) is 29.8 Å². The van der Waals surface area contributed by atoms with Crippen molar-refractivity contribution in [2.75, 3.05) is 39.1 Å². The second kappa shape index (κ2) is 11.4. The number of benzene rings is 2. The van der Waals surface area contributed by atoms with Gasteiger partial charge in [-0.1, -0.05) is 6.07 Å². The quantitative estimate of drug-likeness (QED) is 0.534. The number of hydrogen-bond acceptors (Lipinski definition) is 7. The van der Waals surface area contributed by atoms with E-state index in [-0.39, 0.29) is 5.34 Å². The van der Waals surface area contributed by atoms with Crippen molar-refractivity contribution in [2.45, 2.75) is 6.54 Å². The zero-order chi connectivity index (χ0) is 21.2. The summed E-state index contributed by atoms with van der Waals surface area (Å²) in [6, 6.07) is 9.53. The lowest BCUT2D eigenvalue weighted by atomic mass is 10.1. The Morgan fingerprint density at radius 2 is 1.48 bits per heavy atom. The van der Waals surface area contributed by atoms with E-state index < -0.39 is 0 Å². The van der Waals surface area contributed by atoms with Crippen LogP contribution in [0.3, 0.4) is 0 Å². The predicted octanol–water partition coefficient (Wildman–Crippen LogP) is 4.70. The fraction of sp³-hybridized carbons (Fsp3) is 0.300. The summed E-state index contributed by atoms with van der Waals surface area (Å²) in [5.41, 5.74) is 1.73. The molecule has 0 spiro atoms. The lowest BCUT2D eigenvalue weighted by Crippen LogP contribution is -2.04. The van der Waals surface area contributed by atoms with Gasteiger partial charge in [0.25, 0.3) is 0 Å². The molecule has 0 amide bonds. The number of rotatable bonds is 7. The van der Waals surface area contributed by atoms with Crippen molar-refractivity contribution in [3.63, 3.8) is 0 Å². The third-order valence-corrected chi connectivity index (χ3v) is 4.06. The van der Waals surface area contributed by atoms with Crippen LogP contribution < -0.4 is 24.3 Å². The Kier molecular flexibility index (Phi) is 8.89. The van der Waals surface area contributed by atoms with E-state index in [2.05, 4.69) is 15.3 Å². The molecule has 0 aliphatic carbocycles. The first-order valence-corrected chi connectivity index (χ1v) is 9.62. The maximum absolute atomic E-state index is 5.45. The molecule has 3 rings (SSSR count). The number of alkyl halides is 2. The molecule has 156 valence electrons. The van der Waals surface area contributed by atoms with Crippen molar-refractivity contribution < 1.29 is 18.9 Å². The molecule has 1 N–H and O–H groups in total. The van der Waals surface area contributed by atoms with Crippen LogP contribution in [-0.4, -0.2) is 43.7 Å². The van der Waals surface area contributed by atoms with E-state index in [0.29, 0.717) is 40.9 Å². The zero-order valence-corrected chi connectivity index (χ0v) is 18.2. The molecular weight excluding hydrogens is 417 g/mol. The van der Waals surface area contributed by atoms with Crippen LogP contribution in [0.25, 0.3) is 10.9 Å². The fourth-order valence-corrected chi connectivity index (χ4v) is 2.76. The van der Waals surface area contributed by atoms with E-state index in [4.69, 9.17) is 42.1 Å². The summed E-state index contributed by atoms with van der Waals surface area (Å²) in [4.78, 5) is 8.69. The van der Waals surface area contributed by atoms with Crippen LogP contribution in [0.5, 0.6) is 23.0 Å². The third kappa shape index (κ3) is 5.46. The highest BCUT2D eigenvalue weighted by Gasteiger charge is 2.13. The lowest BCUT2D eigenvalue weighted by Gasteiger charge is -2.13. The molecule has 0 saturated carbocycles. The number of methoxy groups -OCH3 is 4. The SMILES string of the molecule is COc1ccc(CNc2ncnc3c(OC)c(OC)ccc23)cc1OC.ClCCl. The van der Waals surface area contributed by atoms with Crippen LogP contribution in [0.2, 0.25) is 0 Å². The Hall–Kier alpha value is -2.64. The van der Waals surface area contributed by atoms with Crippen LogP contribution in [-0.2, 0) is 6.54 Å². The highest BCUT2D eigenvalue weighted by molar-refractivity contribution is 6.40. The first-order valence-electron chi connectivity index (χ1n) is 8.55. The molecule has 1 aromatic heterocycles. The van der Waals surface area contributed by atoms with Crippen molar-refractivity contribution in [1.82, 2.24) is 9.97 Å². The molecule has 1 heterocycles. The molecule has 2 aromatic carbocycles. The van der Waals surface area contributed by atoms with Crippen LogP contribution in [0.1, 0.15) is 5.56 Å². The zero-order valence-electron chi connectivity index (χ0n) is 16.7. The Morgan fingerprint density at radius 1 is 0.828 bits per heavy atom. The topological polar surface area (TPSA) is 74.7 Å². The lowest BCUT2D eigenvalue weighted by molar-refractivity contribution is 0.354. The van der Waals surface area contributed by atoms with E-state index in [1.807, 2.05) is 30.3 Å². The van der Waals surface area contributed by atoms with E-state index in [0.717, 1.165) is 10.9 Å². The van der Waals surface area contributed by atoms with Gasteiger partial charge in [-0.2, -0.15) is 0 Å². The molecule has 0 aliphatic heterocycles. The van der Waals surface area contributed by atoms with E-state index in [1.54, 1.807) is 28.4 Å². The van der Waals surface area contributed by atoms with Crippen LogP contribution in [0.4, 0.5) is 5.82 Å². The maximum Gasteiger partial charge on any atom is 0.187 e. The number of anilines is 1. The van der Waals surface area contributed by atoms with Gasteiger partial charge in [-0.3, -0.25) is 0 Å². The van der Waals surface area contributed by atoms with Gasteiger partial charge < -0.3 is 24.3 Å². The molecule has 3 aromatic rings. The molecule has 29 heavy (non-hydrogen) atoms. The summed E-state index contributed by atoms with van der Waals surface area (Å²) >= 11 is 9.53. The smallest absolute Gasteiger partial charge is 0.187 e. The monoisotopic (exact) mass is 439 g/mol. The Bertz CT molecular complexity index is 941. The van der Waals surface area contributed by atoms with Crippen molar-refractivity contribution in [2.24, 2.45) is 0 Å². The molecule has 0 fully saturated rings. The number of fused-ring (bicyclic) bond motifs is 1. The Morgan fingerprint density at radius 3 is 2.10 bits per heavy atom. The molecule has 0 saturated heterocycles. The normalized spacial score (nSPS) is 10.0. The third-order valence-electron chi connectivity index (χ3n) is 4.06. The standard InChI is InChI=1S/C19H21N3O4.CH2Cl2/c1-23-14-7-5-12(9-16(14)25-3)10-20-19-13-6-8-15(24-2)18(26-4)17(13)21-11-22-19;2-1-3/h5-9,11H,10H2,1-4H3,(H,20,21,22);1H2. The predicted molar refractivity (Wildman–Crippen MR) is 116 cm³/mol. The van der Waals surface area contributed by atoms with Crippen molar-refractivity contribution in [3.8, 4) is 23.0 Å². The molecular formula is C20H23Cl2N3O4. The molecule has 0 bridgehead atoms. The largest absolute Gasteiger partial charge is 0.493 e. The summed E-state index contributed by atoms with van der Waals surface area (Å²) in [6.45, 7) is 0.570. The molecule has 0 atom stereocenters.